The number of halogens is 33. The number of benzene rings is 1. The van der Waals surface area contributed by atoms with Gasteiger partial charge in [-0.3, -0.25) is 31.7 Å². The van der Waals surface area contributed by atoms with Gasteiger partial charge in [-0.2, -0.15) is 44.8 Å². The molecule has 0 heterocycles. The van der Waals surface area contributed by atoms with Crippen molar-refractivity contribution in [1.82, 2.24) is 38.9 Å². The smallest absolute Gasteiger partial charge is 0.410 e. The van der Waals surface area contributed by atoms with Crippen LogP contribution in [0.4, 0.5) is 140 Å². The topological polar surface area (TPSA) is 467 Å². The Balaban J connectivity index is -0.000000217. The highest BCUT2D eigenvalue weighted by Gasteiger charge is 2.61. The van der Waals surface area contributed by atoms with Gasteiger partial charge < -0.3 is 4.52 Å². The summed E-state index contributed by atoms with van der Waals surface area (Å²) in [5.41, 5.74) is 0. The van der Waals surface area contributed by atoms with E-state index in [0.29, 0.717) is 19.4 Å². The van der Waals surface area contributed by atoms with Gasteiger partial charge in [0, 0.05) is 0 Å². The summed E-state index contributed by atoms with van der Waals surface area (Å²) < 4.78 is 577. The molecule has 0 amide bonds. The molecule has 0 radical (unpaired) electrons. The average Bonchev–Trinajstić information content (AvgIpc) is 0.807. The Kier molecular flexibility index (Phi) is 55.1. The second-order valence-electron chi connectivity index (χ2n) is 15.2. The molecule has 1 rings (SSSR count). The van der Waals surface area contributed by atoms with Crippen molar-refractivity contribution in [2.75, 3.05) is 39.6 Å². The third-order valence-electron chi connectivity index (χ3n) is 5.94. The molecule has 0 saturated heterocycles. The summed E-state index contributed by atoms with van der Waals surface area (Å²) in [5, 5.41) is 7.93. The van der Waals surface area contributed by atoms with E-state index in [4.69, 9.17) is 14.4 Å². The van der Waals surface area contributed by atoms with Crippen LogP contribution in [0.2, 0.25) is 0 Å². The number of nitrogens with zero attached hydrogens (tertiary/aromatic N) is 1. The van der Waals surface area contributed by atoms with Crippen molar-refractivity contribution >= 4 is 126 Å². The van der Waals surface area contributed by atoms with Crippen LogP contribution < -0.4 is 43.4 Å². The molecule has 642 valence electrons. The van der Waals surface area contributed by atoms with Crippen molar-refractivity contribution in [2.45, 2.75) is 31.1 Å². The monoisotopic (exact) mass is 1980 g/mol. The Bertz CT molecular complexity index is 3810. The normalized spacial score (nSPS) is 16.9. The van der Waals surface area contributed by atoms with E-state index < -0.39 is 190 Å². The Hall–Kier alpha value is -1.94. The molecule has 33 nitrogen and oxygen atoms in total. The highest BCUT2D eigenvalue weighted by Crippen LogP contribution is 2.65. The number of nitriles is 1. The van der Waals surface area contributed by atoms with E-state index in [1.165, 1.54) is 30.3 Å². The van der Waals surface area contributed by atoms with E-state index in [9.17, 15) is 204 Å². The van der Waals surface area contributed by atoms with Crippen LogP contribution in [0.3, 0.4) is 0 Å². The van der Waals surface area contributed by atoms with Gasteiger partial charge in [0.05, 0.1) is 38.9 Å². The van der Waals surface area contributed by atoms with E-state index in [1.54, 1.807) is 12.0 Å². The SMILES string of the molecule is C#CCOP(=O)(F)NP(=O)(F)F.C=CCOP(=O)(F)NP(=O)(F)F.C=CCOP(=O)(F)NP(=O)(F)OCC=C.N#CCCOP(=O)(F)NP(=O)(F)F.O=P(F)(F)NP(=O)(F)F.O=P(F)(F)NP(=O)(F)OC(C(F)(F)F)C(F)(F)F.O=P(F)(F)NP(=O)(F)OCC(F)(F)F.O=P(F)(F)NP(=O)(F)Oc1ccccc1. The average molecular weight is 1980 g/mol. The van der Waals surface area contributed by atoms with Crippen molar-refractivity contribution in [1.29, 1.82) is 5.26 Å². The molecule has 0 saturated carbocycles. The lowest BCUT2D eigenvalue weighted by Gasteiger charge is -2.24. The number of hydrogen-bond donors (Lipinski definition) is 8. The zero-order valence-electron chi connectivity index (χ0n) is 49.7. The van der Waals surface area contributed by atoms with E-state index in [0.717, 1.165) is 23.1 Å². The molecular formula is C26H38F33N9O24P16. The molecule has 0 aliphatic rings. The van der Waals surface area contributed by atoms with Gasteiger partial charge in [0.2, 0.25) is 0 Å². The molecule has 0 aliphatic carbocycles. The standard InChI is InChI=1S/C6H6F3NO3P2.C6H11F2NO4P2.C3H2F9NO3P2.C3H5F3N2O3P2.C3H6F3NO3P2.C3H4F3NO3P2.C2H3F6NO3P2.F4HNO2P2/c7-14(8,11)10-15(9,12)13-6-4-2-1-3-5-6;1-3-5-12-14(7,10)9-15(8,11)13-6-4-2;4-2(5,6)1(3(7,8)9)16-18(12,15)13-17(10,11)14;4-12(5,9)8-13(6,10)11-3-1-2-7;2*1-2-3-10-12(6,9)7-11(4,5)8;3-2(4,5)1-12-14(8,11)9-13(6,7)10;1-8(2,6)5-9(3,4)7/h1-5H,(H,10,11,12);3-4H,1-2,5-6H2,(H,9,10,11);1H,(H,13,14,15);1,3H2,(H,8,9,10);2H,1,3H2,(H,7,8,9);1H,3H2,(H,7,8,9);1H2,(H,9,10,11);(H,5,6,7). The summed E-state index contributed by atoms with van der Waals surface area (Å²) >= 11 is 0. The first kappa shape index (κ1) is 119. The molecule has 0 aromatic heterocycles. The summed E-state index contributed by atoms with van der Waals surface area (Å²) in [7, 11) is -92.3. The number of rotatable bonds is 36. The fraction of sp³-hybridized carbons (Fsp3) is 0.423. The molecule has 8 atom stereocenters. The minimum absolute atomic E-state index is 0.0569. The molecule has 1 aromatic rings. The molecule has 1 aromatic carbocycles. The van der Waals surface area contributed by atoms with Gasteiger partial charge in [-0.1, -0.05) is 42.3 Å². The summed E-state index contributed by atoms with van der Waals surface area (Å²) in [4.78, 5) is 2.52. The highest BCUT2D eigenvalue weighted by molar-refractivity contribution is 7.70. The van der Waals surface area contributed by atoms with Crippen LogP contribution in [0, 0.1) is 23.7 Å². The molecule has 108 heavy (non-hydrogen) atoms. The first-order chi connectivity index (χ1) is 47.1. The van der Waals surface area contributed by atoms with Gasteiger partial charge in [-0.25, -0.2) is 73.0 Å². The largest absolute Gasteiger partial charge is 0.506 e. The van der Waals surface area contributed by atoms with Gasteiger partial charge in [0.25, 0.3) is 6.10 Å². The molecular weight excluding hydrogens is 1940 g/mol. The third kappa shape index (κ3) is 92.9. The van der Waals surface area contributed by atoms with Gasteiger partial charge in [-0.05, 0) is 12.1 Å². The number of alkyl halides is 9. The number of terminal acetylenes is 1. The summed E-state index contributed by atoms with van der Waals surface area (Å²) in [6, 6.07) is 8.37. The van der Waals surface area contributed by atoms with Crippen LogP contribution in [0.5, 0.6) is 5.75 Å². The summed E-state index contributed by atoms with van der Waals surface area (Å²) in [5.74, 6) is 1.50. The Morgan fingerprint density at radius 2 is 0.639 bits per heavy atom. The van der Waals surface area contributed by atoms with E-state index >= 15 is 0 Å². The minimum Gasteiger partial charge on any atom is -0.410 e. The van der Waals surface area contributed by atoms with Crippen molar-refractivity contribution in [3.8, 4) is 24.2 Å². The summed E-state index contributed by atoms with van der Waals surface area (Å²) in [6.45, 7) is 4.36. The zero-order valence-corrected chi connectivity index (χ0v) is 64.0. The van der Waals surface area contributed by atoms with Crippen molar-refractivity contribution in [3.63, 3.8) is 0 Å². The second-order valence-corrected chi connectivity index (χ2v) is 38.6. The first-order valence-corrected chi connectivity index (χ1v) is 46.9. The van der Waals surface area contributed by atoms with Gasteiger partial charge >= 0.3 is 144 Å². The third-order valence-corrected chi connectivity index (χ3v) is 24.8. The van der Waals surface area contributed by atoms with Crippen LogP contribution in [0.1, 0.15) is 6.42 Å². The molecule has 0 bridgehead atoms. The molecule has 0 spiro atoms. The van der Waals surface area contributed by atoms with E-state index in [1.807, 2.05) is 0 Å². The Labute approximate surface area is 581 Å². The fourth-order valence-electron chi connectivity index (χ4n) is 3.32. The van der Waals surface area contributed by atoms with Gasteiger partial charge in [-0.15, -0.1) is 166 Å². The maximum absolute atomic E-state index is 12.9. The lowest BCUT2D eigenvalue weighted by Crippen LogP contribution is -2.43. The molecule has 0 aliphatic heterocycles. The van der Waals surface area contributed by atoms with Gasteiger partial charge in [0.1, 0.15) is 12.4 Å². The number of nitrogens with one attached hydrogen (secondary N) is 8. The van der Waals surface area contributed by atoms with Crippen molar-refractivity contribution < 1.29 is 249 Å². The van der Waals surface area contributed by atoms with Crippen LogP contribution in [0.15, 0.2) is 68.3 Å². The minimum atomic E-state index is -6.77. The van der Waals surface area contributed by atoms with E-state index in [-0.39, 0.29) is 26.7 Å². The Morgan fingerprint density at radius 3 is 0.889 bits per heavy atom. The van der Waals surface area contributed by atoms with Crippen LogP contribution >= 0.6 is 126 Å². The molecule has 8 unspecified atom stereocenters. The fourth-order valence-corrected chi connectivity index (χ4v) is 16.6. The molecule has 8 N–H and O–H groups in total. The first-order valence-electron chi connectivity index (χ1n) is 22.9. The zero-order chi connectivity index (χ0) is 88.0. The van der Waals surface area contributed by atoms with Crippen molar-refractivity contribution in [3.05, 3.63) is 68.3 Å². The van der Waals surface area contributed by atoms with Crippen LogP contribution in [-0.4, -0.2) is 64.3 Å². The molecule has 0 fully saturated rings. The second kappa shape index (κ2) is 49.9. The van der Waals surface area contributed by atoms with Crippen LogP contribution in [-0.2, 0) is 105 Å². The quantitative estimate of drug-likeness (QED) is 0.0102. The Morgan fingerprint density at radius 1 is 0.380 bits per heavy atom. The highest BCUT2D eigenvalue weighted by atomic mass is 31.3. The predicted octanol–water partition coefficient (Wildman–Crippen LogP) is 25.0. The molecule has 82 heteroatoms. The van der Waals surface area contributed by atoms with Gasteiger partial charge in [0.15, 0.2) is 6.61 Å². The van der Waals surface area contributed by atoms with Crippen molar-refractivity contribution in [2.24, 2.45) is 0 Å². The maximum atomic E-state index is 12.9. The number of para-hydroxylation sites is 1. The van der Waals surface area contributed by atoms with E-state index in [2.05, 4.69) is 62.4 Å². The summed E-state index contributed by atoms with van der Waals surface area (Å²) in [6.07, 6.45) is -15.0. The predicted molar refractivity (Wildman–Crippen MR) is 309 cm³/mol. The van der Waals surface area contributed by atoms with Crippen LogP contribution in [0.25, 0.3) is 0 Å². The lowest BCUT2D eigenvalue weighted by atomic mass is 10.3. The lowest BCUT2D eigenvalue weighted by molar-refractivity contribution is -0.301. The maximum Gasteiger partial charge on any atom is 0.506 e. The number of hydrogen-bond acceptors (Lipinski definition) is 25.